The first-order chi connectivity index (χ1) is 9.40. The molecule has 3 N–H and O–H groups in total. The molecule has 114 valence electrons. The van der Waals surface area contributed by atoms with E-state index in [0.717, 1.165) is 5.69 Å². The molecule has 1 aromatic heterocycles. The van der Waals surface area contributed by atoms with Crippen molar-refractivity contribution in [2.45, 2.75) is 26.2 Å². The standard InChI is InChI=1S/C11H19N3O4S2/c1-2-18-10(15)5-4-9-8-19-11(14-9)13-6-3-7-20(12,16)17/h8H,2-7H2,1H3,(H,13,14)(H2,12,16,17). The zero-order valence-corrected chi connectivity index (χ0v) is 12.9. The Kier molecular flexibility index (Phi) is 6.89. The molecule has 0 fully saturated rings. The van der Waals surface area contributed by atoms with Crippen LogP contribution in [0.2, 0.25) is 0 Å². The Hall–Kier alpha value is -1.19. The van der Waals surface area contributed by atoms with Gasteiger partial charge < -0.3 is 10.1 Å². The van der Waals surface area contributed by atoms with E-state index in [1.165, 1.54) is 11.3 Å². The summed E-state index contributed by atoms with van der Waals surface area (Å²) in [7, 11) is -3.41. The molecule has 0 atom stereocenters. The van der Waals surface area contributed by atoms with Crippen molar-refractivity contribution >= 4 is 32.5 Å². The molecule has 0 spiro atoms. The fourth-order valence-electron chi connectivity index (χ4n) is 1.43. The number of nitrogens with one attached hydrogen (secondary N) is 1. The van der Waals surface area contributed by atoms with Crippen LogP contribution in [0.15, 0.2) is 5.38 Å². The van der Waals surface area contributed by atoms with Crippen molar-refractivity contribution in [2.75, 3.05) is 24.2 Å². The highest BCUT2D eigenvalue weighted by atomic mass is 32.2. The van der Waals surface area contributed by atoms with Crippen molar-refractivity contribution in [3.8, 4) is 0 Å². The van der Waals surface area contributed by atoms with Crippen LogP contribution in [0.4, 0.5) is 5.13 Å². The number of primary sulfonamides is 1. The zero-order chi connectivity index (χ0) is 15.0. The van der Waals surface area contributed by atoms with Gasteiger partial charge >= 0.3 is 5.97 Å². The summed E-state index contributed by atoms with van der Waals surface area (Å²) in [6.45, 7) is 2.64. The third-order valence-electron chi connectivity index (χ3n) is 2.32. The van der Waals surface area contributed by atoms with Gasteiger partial charge in [0.15, 0.2) is 5.13 Å². The average molecular weight is 321 g/mol. The summed E-state index contributed by atoms with van der Waals surface area (Å²) in [4.78, 5) is 15.5. The lowest BCUT2D eigenvalue weighted by Crippen LogP contribution is -2.18. The van der Waals surface area contributed by atoms with Crippen molar-refractivity contribution in [3.63, 3.8) is 0 Å². The number of sulfonamides is 1. The molecule has 7 nitrogen and oxygen atoms in total. The number of nitrogens with two attached hydrogens (primary N) is 1. The van der Waals surface area contributed by atoms with Gasteiger partial charge in [-0.3, -0.25) is 4.79 Å². The normalized spacial score (nSPS) is 11.3. The predicted octanol–water partition coefficient (Wildman–Crippen LogP) is 0.729. The molecule has 1 heterocycles. The summed E-state index contributed by atoms with van der Waals surface area (Å²) in [5, 5.41) is 10.5. The lowest BCUT2D eigenvalue weighted by atomic mass is 10.2. The number of esters is 1. The first-order valence-electron chi connectivity index (χ1n) is 6.25. The van der Waals surface area contributed by atoms with E-state index in [2.05, 4.69) is 10.3 Å². The summed E-state index contributed by atoms with van der Waals surface area (Å²) in [6.07, 6.45) is 1.27. The molecule has 0 aliphatic heterocycles. The topological polar surface area (TPSA) is 111 Å². The second-order valence-corrected chi connectivity index (χ2v) is 6.69. The third kappa shape index (κ3) is 7.41. The van der Waals surface area contributed by atoms with Crippen LogP contribution in [0.5, 0.6) is 0 Å². The minimum Gasteiger partial charge on any atom is -0.466 e. The highest BCUT2D eigenvalue weighted by molar-refractivity contribution is 7.89. The lowest BCUT2D eigenvalue weighted by molar-refractivity contribution is -0.143. The van der Waals surface area contributed by atoms with Crippen LogP contribution in [-0.2, 0) is 26.0 Å². The van der Waals surface area contributed by atoms with Crippen molar-refractivity contribution in [1.82, 2.24) is 4.98 Å². The number of thiazole rings is 1. The molecule has 0 bridgehead atoms. The Labute approximate surface area is 122 Å². The van der Waals surface area contributed by atoms with Gasteiger partial charge in [-0.2, -0.15) is 0 Å². The summed E-state index contributed by atoms with van der Waals surface area (Å²) in [6, 6.07) is 0. The van der Waals surface area contributed by atoms with E-state index in [4.69, 9.17) is 9.88 Å². The molecule has 1 rings (SSSR count). The Bertz CT molecular complexity index is 528. The zero-order valence-electron chi connectivity index (χ0n) is 11.3. The predicted molar refractivity (Wildman–Crippen MR) is 78.1 cm³/mol. The van der Waals surface area contributed by atoms with Crippen LogP contribution in [0.1, 0.15) is 25.5 Å². The van der Waals surface area contributed by atoms with Gasteiger partial charge in [0.1, 0.15) is 0 Å². The Morgan fingerprint density at radius 1 is 1.55 bits per heavy atom. The van der Waals surface area contributed by atoms with E-state index in [1.54, 1.807) is 6.92 Å². The number of carbonyl (C=O) groups excluding carboxylic acids is 1. The molecule has 0 aliphatic rings. The first-order valence-corrected chi connectivity index (χ1v) is 8.84. The number of anilines is 1. The quantitative estimate of drug-likeness (QED) is 0.512. The molecule has 1 aromatic rings. The molecular weight excluding hydrogens is 302 g/mol. The van der Waals surface area contributed by atoms with Gasteiger partial charge in [-0.25, -0.2) is 18.5 Å². The molecule has 0 radical (unpaired) electrons. The van der Waals surface area contributed by atoms with Crippen molar-refractivity contribution in [2.24, 2.45) is 5.14 Å². The maximum absolute atomic E-state index is 11.2. The van der Waals surface area contributed by atoms with Gasteiger partial charge in [0.2, 0.25) is 10.0 Å². The number of hydrogen-bond acceptors (Lipinski definition) is 7. The molecule has 20 heavy (non-hydrogen) atoms. The number of ether oxygens (including phenoxy) is 1. The summed E-state index contributed by atoms with van der Waals surface area (Å²) in [5.74, 6) is -0.288. The van der Waals surface area contributed by atoms with Crippen LogP contribution >= 0.6 is 11.3 Å². The van der Waals surface area contributed by atoms with Crippen LogP contribution in [0.25, 0.3) is 0 Å². The summed E-state index contributed by atoms with van der Waals surface area (Å²) in [5.41, 5.74) is 0.817. The van der Waals surface area contributed by atoms with E-state index in [1.807, 2.05) is 5.38 Å². The van der Waals surface area contributed by atoms with Gasteiger partial charge in [0.25, 0.3) is 0 Å². The van der Waals surface area contributed by atoms with E-state index in [0.29, 0.717) is 37.5 Å². The number of aromatic nitrogens is 1. The minimum absolute atomic E-state index is 0.0545. The van der Waals surface area contributed by atoms with Crippen LogP contribution in [0.3, 0.4) is 0 Å². The minimum atomic E-state index is -3.41. The molecule has 0 saturated heterocycles. The molecule has 0 aromatic carbocycles. The third-order valence-corrected chi connectivity index (χ3v) is 4.03. The van der Waals surface area contributed by atoms with Crippen molar-refractivity contribution in [3.05, 3.63) is 11.1 Å². The fraction of sp³-hybridized carbons (Fsp3) is 0.636. The molecular formula is C11H19N3O4S2. The van der Waals surface area contributed by atoms with Crippen molar-refractivity contribution < 1.29 is 17.9 Å². The van der Waals surface area contributed by atoms with E-state index in [9.17, 15) is 13.2 Å². The Morgan fingerprint density at radius 3 is 2.95 bits per heavy atom. The molecule has 9 heteroatoms. The highest BCUT2D eigenvalue weighted by Gasteiger charge is 2.07. The van der Waals surface area contributed by atoms with Crippen LogP contribution < -0.4 is 10.5 Å². The van der Waals surface area contributed by atoms with Gasteiger partial charge in [0.05, 0.1) is 24.5 Å². The fourth-order valence-corrected chi connectivity index (χ4v) is 2.76. The summed E-state index contributed by atoms with van der Waals surface area (Å²) >= 11 is 1.42. The smallest absolute Gasteiger partial charge is 0.306 e. The number of aryl methyl sites for hydroxylation is 1. The Balaban J connectivity index is 2.27. The second-order valence-electron chi connectivity index (χ2n) is 4.10. The maximum atomic E-state index is 11.2. The monoisotopic (exact) mass is 321 g/mol. The van der Waals surface area contributed by atoms with Crippen molar-refractivity contribution in [1.29, 1.82) is 0 Å². The SMILES string of the molecule is CCOC(=O)CCc1csc(NCCCS(N)(=O)=O)n1. The number of carbonyl (C=O) groups is 1. The van der Waals surface area contributed by atoms with Crippen LogP contribution in [0, 0.1) is 0 Å². The number of rotatable bonds is 9. The molecule has 0 aliphatic carbocycles. The summed E-state index contributed by atoms with van der Waals surface area (Å²) < 4.78 is 26.3. The van der Waals surface area contributed by atoms with E-state index in [-0.39, 0.29) is 11.7 Å². The molecule has 0 unspecified atom stereocenters. The van der Waals surface area contributed by atoms with E-state index >= 15 is 0 Å². The van der Waals surface area contributed by atoms with E-state index < -0.39 is 10.0 Å². The second kappa shape index (κ2) is 8.18. The Morgan fingerprint density at radius 2 is 2.30 bits per heavy atom. The molecule has 0 amide bonds. The van der Waals surface area contributed by atoms with Gasteiger partial charge in [-0.05, 0) is 13.3 Å². The molecule has 0 saturated carbocycles. The van der Waals surface area contributed by atoms with Crippen LogP contribution in [-0.4, -0.2) is 38.3 Å². The average Bonchev–Trinajstić information content (AvgIpc) is 2.79. The van der Waals surface area contributed by atoms with Gasteiger partial charge in [0, 0.05) is 18.3 Å². The highest BCUT2D eigenvalue weighted by Crippen LogP contribution is 2.16. The number of nitrogens with zero attached hydrogens (tertiary/aromatic N) is 1. The number of hydrogen-bond donors (Lipinski definition) is 2. The maximum Gasteiger partial charge on any atom is 0.306 e. The van der Waals surface area contributed by atoms with Gasteiger partial charge in [-0.15, -0.1) is 11.3 Å². The largest absolute Gasteiger partial charge is 0.466 e. The lowest BCUT2D eigenvalue weighted by Gasteiger charge is -2.01. The first kappa shape index (κ1) is 16.9. The van der Waals surface area contributed by atoms with Gasteiger partial charge in [-0.1, -0.05) is 0 Å².